The summed E-state index contributed by atoms with van der Waals surface area (Å²) in [6, 6.07) is 40.3. The number of carbonyl (C=O) groups excluding carboxylic acids is 1. The molecule has 2 aliphatic rings. The molecule has 2 saturated heterocycles. The molecule has 55 heavy (non-hydrogen) atoms. The maximum atomic E-state index is 13.6. The Hall–Kier alpha value is -4.09. The van der Waals surface area contributed by atoms with Gasteiger partial charge in [-0.1, -0.05) is 121 Å². The zero-order valence-corrected chi connectivity index (χ0v) is 32.9. The second kappa shape index (κ2) is 19.2. The van der Waals surface area contributed by atoms with Crippen LogP contribution < -0.4 is 0 Å². The lowest BCUT2D eigenvalue weighted by Crippen LogP contribution is -2.61. The van der Waals surface area contributed by atoms with Gasteiger partial charge in [-0.25, -0.2) is 4.79 Å². The molecule has 294 valence electrons. The normalized spacial score (nSPS) is 23.8. The van der Waals surface area contributed by atoms with Gasteiger partial charge in [0.05, 0.1) is 51.8 Å². The van der Waals surface area contributed by atoms with Gasteiger partial charge in [-0.2, -0.15) is 0 Å². The van der Waals surface area contributed by atoms with Crippen LogP contribution >= 0.6 is 0 Å². The molecule has 0 bridgehead atoms. The summed E-state index contributed by atoms with van der Waals surface area (Å²) in [7, 11) is 0. The lowest BCUT2D eigenvalue weighted by Gasteiger charge is -2.46. The Bertz CT molecular complexity index is 1720. The van der Waals surface area contributed by atoms with E-state index in [9.17, 15) is 4.79 Å². The maximum Gasteiger partial charge on any atom is 0.412 e. The first kappa shape index (κ1) is 40.6. The van der Waals surface area contributed by atoms with Crippen molar-refractivity contribution in [1.29, 1.82) is 0 Å². The van der Waals surface area contributed by atoms with Crippen molar-refractivity contribution < 1.29 is 38.0 Å². The topological polar surface area (TPSA) is 84.9 Å². The van der Waals surface area contributed by atoms with Crippen LogP contribution in [0.2, 0.25) is 0 Å². The summed E-state index contributed by atoms with van der Waals surface area (Å²) in [5.41, 5.74) is 2.74. The van der Waals surface area contributed by atoms with Gasteiger partial charge < -0.3 is 33.2 Å². The minimum Gasteiger partial charge on any atom is -0.444 e. The fraction of sp³-hybridized carbons (Fsp3) is 0.457. The molecular formula is C46H57NO8. The zero-order chi connectivity index (χ0) is 38.7. The van der Waals surface area contributed by atoms with Crippen LogP contribution in [0.15, 0.2) is 121 Å². The second-order valence-electron chi connectivity index (χ2n) is 15.8. The molecule has 1 amide bonds. The third kappa shape index (κ3) is 11.7. The smallest absolute Gasteiger partial charge is 0.412 e. The highest BCUT2D eigenvalue weighted by atomic mass is 16.6. The number of carbonyl (C=O) groups is 1. The maximum absolute atomic E-state index is 13.6. The Kier molecular flexibility index (Phi) is 14.1. The van der Waals surface area contributed by atoms with E-state index in [4.69, 9.17) is 33.2 Å². The molecule has 9 nitrogen and oxygen atoms in total. The number of amides is 1. The van der Waals surface area contributed by atoms with Crippen LogP contribution in [0.5, 0.6) is 0 Å². The minimum atomic E-state index is -0.824. The fourth-order valence-electron chi connectivity index (χ4n) is 7.25. The van der Waals surface area contributed by atoms with Gasteiger partial charge in [0, 0.05) is 0 Å². The summed E-state index contributed by atoms with van der Waals surface area (Å²) < 4.78 is 46.1. The van der Waals surface area contributed by atoms with Crippen LogP contribution in [0.25, 0.3) is 0 Å². The van der Waals surface area contributed by atoms with Crippen molar-refractivity contribution in [2.45, 2.75) is 122 Å². The van der Waals surface area contributed by atoms with Crippen LogP contribution in [0.3, 0.4) is 0 Å². The van der Waals surface area contributed by atoms with Gasteiger partial charge in [0.2, 0.25) is 0 Å². The lowest BCUT2D eigenvalue weighted by atomic mass is 9.90. The monoisotopic (exact) mass is 751 g/mol. The fourth-order valence-corrected chi connectivity index (χ4v) is 7.25. The molecule has 0 spiro atoms. The molecule has 0 radical (unpaired) electrons. The number of nitrogens with zero attached hydrogens (tertiary/aromatic N) is 1. The molecule has 0 aromatic heterocycles. The summed E-state index contributed by atoms with van der Waals surface area (Å²) in [4.78, 5) is 15.3. The van der Waals surface area contributed by atoms with E-state index < -0.39 is 47.9 Å². The Morgan fingerprint density at radius 1 is 0.636 bits per heavy atom. The molecule has 6 rings (SSSR count). The molecule has 2 aliphatic heterocycles. The average molecular weight is 752 g/mol. The summed E-state index contributed by atoms with van der Waals surface area (Å²) in [6.45, 7) is 11.6. The molecule has 0 unspecified atom stereocenters. The van der Waals surface area contributed by atoms with Crippen molar-refractivity contribution in [2.75, 3.05) is 13.2 Å². The Morgan fingerprint density at radius 2 is 1.07 bits per heavy atom. The molecule has 4 aromatic rings. The molecule has 2 heterocycles. The predicted octanol–water partition coefficient (Wildman–Crippen LogP) is 8.88. The number of hydrogen-bond acceptors (Lipinski definition) is 8. The molecule has 0 saturated carbocycles. The molecule has 2 fully saturated rings. The van der Waals surface area contributed by atoms with Gasteiger partial charge in [-0.05, 0) is 69.7 Å². The average Bonchev–Trinajstić information content (AvgIpc) is 3.49. The van der Waals surface area contributed by atoms with Gasteiger partial charge >= 0.3 is 6.09 Å². The largest absolute Gasteiger partial charge is 0.444 e. The summed E-state index contributed by atoms with van der Waals surface area (Å²) in [6.07, 6.45) is -1.69. The highest BCUT2D eigenvalue weighted by molar-refractivity contribution is 5.69. The molecule has 0 N–H and O–H groups in total. The highest BCUT2D eigenvalue weighted by Gasteiger charge is 2.50. The SMILES string of the molecule is CC(C)(C)OC(=O)N1[C@H](CC[C@@H]2O[C@H](COCc3ccccc3)[C@@H](OCc3ccccc3)[C@H](OCc3ccccc3)[C@H]2OCc2ccccc2)COC1(C)C. The first-order chi connectivity index (χ1) is 26.6. The summed E-state index contributed by atoms with van der Waals surface area (Å²) >= 11 is 0. The van der Waals surface area contributed by atoms with Gasteiger partial charge in [-0.15, -0.1) is 0 Å². The van der Waals surface area contributed by atoms with Crippen molar-refractivity contribution >= 4 is 6.09 Å². The van der Waals surface area contributed by atoms with E-state index >= 15 is 0 Å². The van der Waals surface area contributed by atoms with E-state index in [1.807, 2.05) is 107 Å². The molecule has 6 atom stereocenters. The van der Waals surface area contributed by atoms with Crippen LogP contribution in [0.4, 0.5) is 4.79 Å². The first-order valence-electron chi connectivity index (χ1n) is 19.5. The standard InChI is InChI=1S/C46H57NO8/c1-45(2,3)55-44(48)47-38(32-53-46(47,4)5)26-27-39-41(50-29-35-20-12-7-13-21-35)43(52-31-37-24-16-9-17-25-37)42(51-30-36-22-14-8-15-23-36)40(54-39)33-49-28-34-18-10-6-11-19-34/h6-25,38-43H,26-33H2,1-5H3/t38-,39+,40-,41+,42-,43-/m1/s1. The van der Waals surface area contributed by atoms with E-state index in [1.54, 1.807) is 4.90 Å². The number of hydrogen-bond donors (Lipinski definition) is 0. The van der Waals surface area contributed by atoms with Gasteiger partial charge in [-0.3, -0.25) is 4.90 Å². The Morgan fingerprint density at radius 3 is 1.55 bits per heavy atom. The Balaban J connectivity index is 1.31. The van der Waals surface area contributed by atoms with Crippen molar-refractivity contribution in [2.24, 2.45) is 0 Å². The summed E-state index contributed by atoms with van der Waals surface area (Å²) in [5.74, 6) is 0. The van der Waals surface area contributed by atoms with Gasteiger partial charge in [0.25, 0.3) is 0 Å². The third-order valence-electron chi connectivity index (χ3n) is 9.93. The minimum absolute atomic E-state index is 0.230. The highest BCUT2D eigenvalue weighted by Crippen LogP contribution is 2.36. The summed E-state index contributed by atoms with van der Waals surface area (Å²) in [5, 5.41) is 0. The van der Waals surface area contributed by atoms with Crippen molar-refractivity contribution in [3.63, 3.8) is 0 Å². The molecule has 4 aromatic carbocycles. The van der Waals surface area contributed by atoms with Crippen molar-refractivity contribution in [1.82, 2.24) is 4.90 Å². The van der Waals surface area contributed by atoms with E-state index in [0.717, 1.165) is 22.3 Å². The zero-order valence-electron chi connectivity index (χ0n) is 32.9. The van der Waals surface area contributed by atoms with Crippen molar-refractivity contribution in [3.05, 3.63) is 144 Å². The number of benzene rings is 4. The van der Waals surface area contributed by atoms with Gasteiger partial charge in [0.15, 0.2) is 0 Å². The molecule has 0 aliphatic carbocycles. The van der Waals surface area contributed by atoms with Crippen LogP contribution in [0.1, 0.15) is 69.7 Å². The second-order valence-corrected chi connectivity index (χ2v) is 15.8. The van der Waals surface area contributed by atoms with E-state index in [-0.39, 0.29) is 12.6 Å². The number of rotatable bonds is 16. The van der Waals surface area contributed by atoms with Gasteiger partial charge in [0.1, 0.15) is 35.7 Å². The van der Waals surface area contributed by atoms with Crippen LogP contribution in [-0.4, -0.2) is 72.1 Å². The molecular weight excluding hydrogens is 695 g/mol. The third-order valence-corrected chi connectivity index (χ3v) is 9.93. The van der Waals surface area contributed by atoms with Crippen LogP contribution in [-0.2, 0) is 59.6 Å². The Labute approximate surface area is 326 Å². The quantitative estimate of drug-likeness (QED) is 0.112. The lowest BCUT2D eigenvalue weighted by molar-refractivity contribution is -0.274. The number of ether oxygens (including phenoxy) is 7. The predicted molar refractivity (Wildman–Crippen MR) is 211 cm³/mol. The first-order valence-corrected chi connectivity index (χ1v) is 19.5. The van der Waals surface area contributed by atoms with Crippen LogP contribution in [0, 0.1) is 0 Å². The van der Waals surface area contributed by atoms with Crippen molar-refractivity contribution in [3.8, 4) is 0 Å². The van der Waals surface area contributed by atoms with E-state index in [0.29, 0.717) is 45.9 Å². The molecule has 9 heteroatoms. The van der Waals surface area contributed by atoms with E-state index in [1.165, 1.54) is 0 Å². The van der Waals surface area contributed by atoms with E-state index in [2.05, 4.69) is 48.5 Å².